The molecule has 7 rings (SSSR count). The number of rotatable bonds is 5. The summed E-state index contributed by atoms with van der Waals surface area (Å²) in [6.07, 6.45) is 0. The number of hydrogen-bond acceptors (Lipinski definition) is 4. The van der Waals surface area contributed by atoms with Crippen molar-refractivity contribution in [3.63, 3.8) is 0 Å². The minimum Gasteiger partial charge on any atom is -0.208 e. The highest BCUT2D eigenvalue weighted by Gasteiger charge is 2.15. The van der Waals surface area contributed by atoms with E-state index in [1.807, 2.05) is 12.1 Å². The standard InChI is InChI=1S/C36H25N3S/c1-24-9-8-14-31-23-32(40-33(24)31)36-38-34(29-19-15-27(16-20-29)25-10-4-2-5-11-25)37-35(39-36)30-21-17-28(18-22-30)26-12-6-3-7-13-26/h2-23H,1H3. The number of thiophene rings is 1. The third-order valence-electron chi connectivity index (χ3n) is 7.10. The fourth-order valence-corrected chi connectivity index (χ4v) is 6.01. The van der Waals surface area contributed by atoms with E-state index in [1.54, 1.807) is 11.3 Å². The molecule has 5 aromatic carbocycles. The first-order chi connectivity index (χ1) is 19.7. The molecule has 0 fully saturated rings. The van der Waals surface area contributed by atoms with Gasteiger partial charge in [0.1, 0.15) is 0 Å². The van der Waals surface area contributed by atoms with E-state index >= 15 is 0 Å². The van der Waals surface area contributed by atoms with E-state index in [9.17, 15) is 0 Å². The van der Waals surface area contributed by atoms with Gasteiger partial charge in [-0.1, -0.05) is 127 Å². The van der Waals surface area contributed by atoms with Gasteiger partial charge in [0, 0.05) is 15.8 Å². The zero-order valence-electron chi connectivity index (χ0n) is 22.0. The topological polar surface area (TPSA) is 38.7 Å². The second kappa shape index (κ2) is 10.3. The molecule has 4 heteroatoms. The summed E-state index contributed by atoms with van der Waals surface area (Å²) in [7, 11) is 0. The Morgan fingerprint density at radius 3 is 1.38 bits per heavy atom. The average molecular weight is 532 g/mol. The molecular formula is C36H25N3S. The lowest BCUT2D eigenvalue weighted by Crippen LogP contribution is -1.99. The first-order valence-corrected chi connectivity index (χ1v) is 14.1. The molecule has 0 aliphatic heterocycles. The van der Waals surface area contributed by atoms with Crippen LogP contribution in [-0.2, 0) is 0 Å². The lowest BCUT2D eigenvalue weighted by molar-refractivity contribution is 1.08. The number of nitrogens with zero attached hydrogens (tertiary/aromatic N) is 3. The minimum absolute atomic E-state index is 0.668. The summed E-state index contributed by atoms with van der Waals surface area (Å²) in [5.41, 5.74) is 7.88. The van der Waals surface area contributed by atoms with E-state index in [2.05, 4.69) is 128 Å². The highest BCUT2D eigenvalue weighted by Crippen LogP contribution is 2.35. The normalized spacial score (nSPS) is 11.1. The van der Waals surface area contributed by atoms with Gasteiger partial charge >= 0.3 is 0 Å². The first-order valence-electron chi connectivity index (χ1n) is 13.3. The van der Waals surface area contributed by atoms with Crippen molar-refractivity contribution in [3.05, 3.63) is 139 Å². The Bertz CT molecular complexity index is 1820. The SMILES string of the molecule is Cc1cccc2cc(-c3nc(-c4ccc(-c5ccccc5)cc4)nc(-c4ccc(-c5ccccc5)cc4)n3)sc12. The number of benzene rings is 5. The Hall–Kier alpha value is -4.93. The van der Waals surface area contributed by atoms with Crippen LogP contribution in [0.25, 0.3) is 65.8 Å². The number of aryl methyl sites for hydroxylation is 1. The molecule has 3 nitrogen and oxygen atoms in total. The Balaban J connectivity index is 1.33. The van der Waals surface area contributed by atoms with Gasteiger partial charge in [0.15, 0.2) is 17.5 Å². The molecule has 0 bridgehead atoms. The molecule has 0 amide bonds. The van der Waals surface area contributed by atoms with Gasteiger partial charge in [-0.05, 0) is 46.2 Å². The van der Waals surface area contributed by atoms with Crippen molar-refractivity contribution in [2.75, 3.05) is 0 Å². The van der Waals surface area contributed by atoms with Crippen molar-refractivity contribution < 1.29 is 0 Å². The molecule has 0 saturated carbocycles. The van der Waals surface area contributed by atoms with Crippen LogP contribution in [0, 0.1) is 6.92 Å². The largest absolute Gasteiger partial charge is 0.208 e. The second-order valence-corrected chi connectivity index (χ2v) is 10.8. The number of aromatic nitrogens is 3. The summed E-state index contributed by atoms with van der Waals surface area (Å²) in [5.74, 6) is 2.03. The molecule has 190 valence electrons. The summed E-state index contributed by atoms with van der Waals surface area (Å²) in [5, 5.41) is 1.21. The predicted molar refractivity (Wildman–Crippen MR) is 167 cm³/mol. The molecule has 0 radical (unpaired) electrons. The van der Waals surface area contributed by atoms with Crippen LogP contribution in [0.2, 0.25) is 0 Å². The van der Waals surface area contributed by atoms with Crippen LogP contribution in [0.1, 0.15) is 5.56 Å². The monoisotopic (exact) mass is 531 g/mol. The number of hydrogen-bond donors (Lipinski definition) is 0. The number of fused-ring (bicyclic) bond motifs is 1. The summed E-state index contributed by atoms with van der Waals surface area (Å²) in [6, 6.07) is 46.3. The maximum atomic E-state index is 4.98. The van der Waals surface area contributed by atoms with Crippen LogP contribution in [0.4, 0.5) is 0 Å². The van der Waals surface area contributed by atoms with Gasteiger partial charge in [-0.3, -0.25) is 0 Å². The minimum atomic E-state index is 0.668. The maximum absolute atomic E-state index is 4.98. The van der Waals surface area contributed by atoms with Crippen molar-refractivity contribution in [1.29, 1.82) is 0 Å². The molecule has 2 heterocycles. The highest BCUT2D eigenvalue weighted by atomic mass is 32.1. The third-order valence-corrected chi connectivity index (χ3v) is 8.38. The quantitative estimate of drug-likeness (QED) is 0.222. The molecule has 0 aliphatic rings. The highest BCUT2D eigenvalue weighted by molar-refractivity contribution is 7.22. The van der Waals surface area contributed by atoms with Crippen molar-refractivity contribution >= 4 is 21.4 Å². The van der Waals surface area contributed by atoms with E-state index in [0.717, 1.165) is 27.1 Å². The average Bonchev–Trinajstić information content (AvgIpc) is 3.48. The van der Waals surface area contributed by atoms with E-state index in [4.69, 9.17) is 15.0 Å². The van der Waals surface area contributed by atoms with E-state index in [0.29, 0.717) is 17.5 Å². The molecule has 0 aliphatic carbocycles. The summed E-state index contributed by atoms with van der Waals surface area (Å²) >= 11 is 1.73. The van der Waals surface area contributed by atoms with Crippen LogP contribution in [0.3, 0.4) is 0 Å². The van der Waals surface area contributed by atoms with Gasteiger partial charge in [-0.25, -0.2) is 15.0 Å². The van der Waals surface area contributed by atoms with Crippen LogP contribution in [0.15, 0.2) is 133 Å². The van der Waals surface area contributed by atoms with Gasteiger partial charge < -0.3 is 0 Å². The van der Waals surface area contributed by atoms with Crippen LogP contribution in [0.5, 0.6) is 0 Å². The maximum Gasteiger partial charge on any atom is 0.174 e. The molecule has 0 saturated heterocycles. The predicted octanol–water partition coefficient (Wildman–Crippen LogP) is 9.73. The van der Waals surface area contributed by atoms with Gasteiger partial charge in [0.2, 0.25) is 0 Å². The molecular weight excluding hydrogens is 506 g/mol. The lowest BCUT2D eigenvalue weighted by atomic mass is 10.0. The fourth-order valence-electron chi connectivity index (χ4n) is 4.95. The Morgan fingerprint density at radius 1 is 0.425 bits per heavy atom. The fraction of sp³-hybridized carbons (Fsp3) is 0.0278. The van der Waals surface area contributed by atoms with Crippen LogP contribution < -0.4 is 0 Å². The molecule has 7 aromatic rings. The van der Waals surface area contributed by atoms with E-state index < -0.39 is 0 Å². The molecule has 0 atom stereocenters. The zero-order chi connectivity index (χ0) is 26.9. The smallest absolute Gasteiger partial charge is 0.174 e. The van der Waals surface area contributed by atoms with Gasteiger partial charge in [0.05, 0.1) is 4.88 Å². The van der Waals surface area contributed by atoms with E-state index in [-0.39, 0.29) is 0 Å². The van der Waals surface area contributed by atoms with Gasteiger partial charge in [-0.2, -0.15) is 0 Å². The molecule has 2 aromatic heterocycles. The Morgan fingerprint density at radius 2 is 0.875 bits per heavy atom. The zero-order valence-corrected chi connectivity index (χ0v) is 22.8. The van der Waals surface area contributed by atoms with Crippen molar-refractivity contribution in [2.45, 2.75) is 6.92 Å². The molecule has 0 spiro atoms. The van der Waals surface area contributed by atoms with Crippen molar-refractivity contribution in [1.82, 2.24) is 15.0 Å². The molecule has 0 unspecified atom stereocenters. The molecule has 0 N–H and O–H groups in total. The summed E-state index contributed by atoms with van der Waals surface area (Å²) in [6.45, 7) is 2.15. The summed E-state index contributed by atoms with van der Waals surface area (Å²) in [4.78, 5) is 16.0. The summed E-state index contributed by atoms with van der Waals surface area (Å²) < 4.78 is 1.26. The van der Waals surface area contributed by atoms with Crippen molar-refractivity contribution in [3.8, 4) is 55.7 Å². The third kappa shape index (κ3) is 4.70. The Labute approximate surface area is 237 Å². The van der Waals surface area contributed by atoms with Crippen LogP contribution in [-0.4, -0.2) is 15.0 Å². The van der Waals surface area contributed by atoms with Gasteiger partial charge in [0.25, 0.3) is 0 Å². The molecule has 40 heavy (non-hydrogen) atoms. The Kier molecular flexibility index (Phi) is 6.23. The lowest BCUT2D eigenvalue weighted by Gasteiger charge is -2.09. The van der Waals surface area contributed by atoms with Crippen molar-refractivity contribution in [2.24, 2.45) is 0 Å². The van der Waals surface area contributed by atoms with E-state index in [1.165, 1.54) is 26.8 Å². The van der Waals surface area contributed by atoms with Crippen LogP contribution >= 0.6 is 11.3 Å². The van der Waals surface area contributed by atoms with Gasteiger partial charge in [-0.15, -0.1) is 11.3 Å². The second-order valence-electron chi connectivity index (χ2n) is 9.80. The first kappa shape index (κ1) is 24.1.